The normalized spacial score (nSPS) is 16.9. The highest BCUT2D eigenvalue weighted by atomic mass is 32.2. The quantitative estimate of drug-likeness (QED) is 0.671. The molecule has 0 amide bonds. The number of nitrogens with one attached hydrogen (secondary N) is 1. The Morgan fingerprint density at radius 3 is 2.31 bits per heavy atom. The molecule has 0 saturated heterocycles. The van der Waals surface area contributed by atoms with Gasteiger partial charge in [0.05, 0.1) is 11.9 Å². The molecular weight excluding hydrogens is 190 g/mol. The minimum absolute atomic E-state index is 0.0207. The fourth-order valence-electron chi connectivity index (χ4n) is 0.964. The molecule has 0 rings (SSSR count). The summed E-state index contributed by atoms with van der Waals surface area (Å²) in [4.78, 5) is 0. The van der Waals surface area contributed by atoms with E-state index in [1.165, 1.54) is 6.26 Å². The van der Waals surface area contributed by atoms with Crippen molar-refractivity contribution in [2.75, 3.05) is 25.7 Å². The van der Waals surface area contributed by atoms with Gasteiger partial charge in [0.1, 0.15) is 9.84 Å². The molecule has 0 aliphatic heterocycles. The van der Waals surface area contributed by atoms with E-state index in [2.05, 4.69) is 5.32 Å². The van der Waals surface area contributed by atoms with Crippen LogP contribution in [0, 0.1) is 0 Å². The Labute approximate surface area is 80.6 Å². The molecular formula is C8H19NO3S. The van der Waals surface area contributed by atoms with E-state index in [1.807, 2.05) is 13.8 Å². The molecule has 0 aromatic carbocycles. The van der Waals surface area contributed by atoms with E-state index in [0.29, 0.717) is 6.54 Å². The van der Waals surface area contributed by atoms with Crippen LogP contribution in [-0.2, 0) is 14.6 Å². The summed E-state index contributed by atoms with van der Waals surface area (Å²) in [7, 11) is -1.25. The van der Waals surface area contributed by atoms with Crippen LogP contribution in [0.4, 0.5) is 0 Å². The Kier molecular flexibility index (Phi) is 5.51. The maximum absolute atomic E-state index is 10.9. The molecule has 0 aromatic rings. The zero-order chi connectivity index (χ0) is 10.5. The number of ether oxygens (including phenoxy) is 1. The van der Waals surface area contributed by atoms with Gasteiger partial charge in [0, 0.05) is 26.0 Å². The summed E-state index contributed by atoms with van der Waals surface area (Å²) in [5.74, 6) is 0.170. The first kappa shape index (κ1) is 12.9. The first-order chi connectivity index (χ1) is 5.85. The second-order valence-electron chi connectivity index (χ2n) is 3.45. The molecule has 80 valence electrons. The van der Waals surface area contributed by atoms with Crippen molar-refractivity contribution < 1.29 is 13.2 Å². The highest BCUT2D eigenvalue weighted by Crippen LogP contribution is 1.91. The second-order valence-corrected chi connectivity index (χ2v) is 5.63. The largest absolute Gasteiger partial charge is 0.380 e. The summed E-state index contributed by atoms with van der Waals surface area (Å²) < 4.78 is 26.8. The summed E-state index contributed by atoms with van der Waals surface area (Å²) >= 11 is 0. The molecule has 0 aliphatic rings. The third-order valence-electron chi connectivity index (χ3n) is 1.71. The lowest BCUT2D eigenvalue weighted by atomic mass is 10.3. The van der Waals surface area contributed by atoms with E-state index in [4.69, 9.17) is 4.74 Å². The fourth-order valence-corrected chi connectivity index (χ4v) is 1.99. The van der Waals surface area contributed by atoms with E-state index in [9.17, 15) is 8.42 Å². The van der Waals surface area contributed by atoms with Gasteiger partial charge in [0.25, 0.3) is 0 Å². The van der Waals surface area contributed by atoms with Crippen molar-refractivity contribution in [3.8, 4) is 0 Å². The molecule has 0 heterocycles. The second kappa shape index (κ2) is 5.57. The SMILES string of the molecule is COC(C)CNC(C)CS(C)(=O)=O. The lowest BCUT2D eigenvalue weighted by Crippen LogP contribution is -2.37. The predicted octanol–water partition coefficient (Wildman–Crippen LogP) is 0.0440. The third kappa shape index (κ3) is 8.21. The summed E-state index contributed by atoms with van der Waals surface area (Å²) in [5.41, 5.74) is 0. The minimum Gasteiger partial charge on any atom is -0.380 e. The number of hydrogen-bond acceptors (Lipinski definition) is 4. The van der Waals surface area contributed by atoms with Crippen LogP contribution in [0.1, 0.15) is 13.8 Å². The number of sulfone groups is 1. The highest BCUT2D eigenvalue weighted by Gasteiger charge is 2.10. The molecule has 0 aliphatic carbocycles. The van der Waals surface area contributed by atoms with Crippen molar-refractivity contribution in [1.29, 1.82) is 0 Å². The van der Waals surface area contributed by atoms with Gasteiger partial charge in [-0.05, 0) is 13.8 Å². The van der Waals surface area contributed by atoms with Crippen LogP contribution in [0.3, 0.4) is 0 Å². The number of rotatable bonds is 6. The van der Waals surface area contributed by atoms with E-state index in [0.717, 1.165) is 0 Å². The topological polar surface area (TPSA) is 55.4 Å². The lowest BCUT2D eigenvalue weighted by molar-refractivity contribution is 0.115. The minimum atomic E-state index is -2.88. The summed E-state index contributed by atoms with van der Waals surface area (Å²) in [6.07, 6.45) is 1.35. The zero-order valence-electron chi connectivity index (χ0n) is 8.70. The Balaban J connectivity index is 3.70. The molecule has 1 N–H and O–H groups in total. The average Bonchev–Trinajstić information content (AvgIpc) is 1.97. The van der Waals surface area contributed by atoms with Gasteiger partial charge in [-0.2, -0.15) is 0 Å². The van der Waals surface area contributed by atoms with Crippen molar-refractivity contribution in [3.05, 3.63) is 0 Å². The van der Waals surface area contributed by atoms with E-state index in [-0.39, 0.29) is 17.9 Å². The molecule has 0 saturated carbocycles. The Morgan fingerprint density at radius 1 is 1.38 bits per heavy atom. The monoisotopic (exact) mass is 209 g/mol. The van der Waals surface area contributed by atoms with Crippen LogP contribution >= 0.6 is 0 Å². The molecule has 2 atom stereocenters. The van der Waals surface area contributed by atoms with Gasteiger partial charge in [0.2, 0.25) is 0 Å². The zero-order valence-corrected chi connectivity index (χ0v) is 9.52. The highest BCUT2D eigenvalue weighted by molar-refractivity contribution is 7.90. The van der Waals surface area contributed by atoms with E-state index in [1.54, 1.807) is 7.11 Å². The number of methoxy groups -OCH3 is 1. The molecule has 13 heavy (non-hydrogen) atoms. The maximum Gasteiger partial charge on any atom is 0.148 e. The van der Waals surface area contributed by atoms with Crippen LogP contribution < -0.4 is 5.32 Å². The number of hydrogen-bond donors (Lipinski definition) is 1. The Hall–Kier alpha value is -0.130. The summed E-state index contributed by atoms with van der Waals surface area (Å²) in [6, 6.07) is -0.0207. The van der Waals surface area contributed by atoms with Crippen molar-refractivity contribution in [3.63, 3.8) is 0 Å². The van der Waals surface area contributed by atoms with Crippen LogP contribution in [0.2, 0.25) is 0 Å². The van der Waals surface area contributed by atoms with E-state index < -0.39 is 9.84 Å². The van der Waals surface area contributed by atoms with Gasteiger partial charge in [-0.3, -0.25) is 0 Å². The van der Waals surface area contributed by atoms with Crippen LogP contribution in [-0.4, -0.2) is 46.2 Å². The molecule has 2 unspecified atom stereocenters. The smallest absolute Gasteiger partial charge is 0.148 e. The van der Waals surface area contributed by atoms with Gasteiger partial charge >= 0.3 is 0 Å². The fraction of sp³-hybridized carbons (Fsp3) is 1.00. The maximum atomic E-state index is 10.9. The van der Waals surface area contributed by atoms with Gasteiger partial charge in [-0.15, -0.1) is 0 Å². The molecule has 0 spiro atoms. The molecule has 0 fully saturated rings. The Bertz CT molecular complexity index is 226. The Morgan fingerprint density at radius 2 is 1.92 bits per heavy atom. The van der Waals surface area contributed by atoms with Crippen molar-refractivity contribution >= 4 is 9.84 Å². The standard InChI is InChI=1S/C8H19NO3S/c1-7(6-13(4,10)11)9-5-8(2)12-3/h7-9H,5-6H2,1-4H3. The van der Waals surface area contributed by atoms with Crippen LogP contribution in [0.15, 0.2) is 0 Å². The van der Waals surface area contributed by atoms with Gasteiger partial charge in [-0.25, -0.2) is 8.42 Å². The third-order valence-corrected chi connectivity index (χ3v) is 2.81. The van der Waals surface area contributed by atoms with Gasteiger partial charge in [-0.1, -0.05) is 0 Å². The van der Waals surface area contributed by atoms with Gasteiger partial charge < -0.3 is 10.1 Å². The molecule has 0 aromatic heterocycles. The first-order valence-corrected chi connectivity index (χ1v) is 6.35. The predicted molar refractivity (Wildman–Crippen MR) is 53.6 cm³/mol. The molecule has 0 radical (unpaired) electrons. The van der Waals surface area contributed by atoms with Crippen LogP contribution in [0.5, 0.6) is 0 Å². The first-order valence-electron chi connectivity index (χ1n) is 4.29. The summed E-state index contributed by atoms with van der Waals surface area (Å²) in [6.45, 7) is 4.46. The van der Waals surface area contributed by atoms with Crippen molar-refractivity contribution in [2.45, 2.75) is 26.0 Å². The van der Waals surface area contributed by atoms with Crippen molar-refractivity contribution in [2.24, 2.45) is 0 Å². The van der Waals surface area contributed by atoms with Gasteiger partial charge in [0.15, 0.2) is 0 Å². The van der Waals surface area contributed by atoms with Crippen LogP contribution in [0.25, 0.3) is 0 Å². The molecule has 4 nitrogen and oxygen atoms in total. The summed E-state index contributed by atoms with van der Waals surface area (Å²) in [5, 5.41) is 3.09. The molecule has 5 heteroatoms. The van der Waals surface area contributed by atoms with E-state index >= 15 is 0 Å². The average molecular weight is 209 g/mol. The molecule has 0 bridgehead atoms. The lowest BCUT2D eigenvalue weighted by Gasteiger charge is -2.15. The van der Waals surface area contributed by atoms with Crippen molar-refractivity contribution in [1.82, 2.24) is 5.32 Å².